The molecule has 1 fully saturated rings. The van der Waals surface area contributed by atoms with E-state index in [1.54, 1.807) is 0 Å². The van der Waals surface area contributed by atoms with E-state index in [1.807, 2.05) is 31.3 Å². The summed E-state index contributed by atoms with van der Waals surface area (Å²) in [4.78, 5) is 2.14. The van der Waals surface area contributed by atoms with E-state index in [-0.39, 0.29) is 18.3 Å². The number of likely N-dealkylation sites (N-methyl/N-ethyl adjacent to an activating group) is 1. The maximum atomic E-state index is 10.8. The molecule has 0 aliphatic carbocycles. The summed E-state index contributed by atoms with van der Waals surface area (Å²) >= 11 is 0. The van der Waals surface area contributed by atoms with Crippen molar-refractivity contribution in [2.45, 2.75) is 51.5 Å². The molecule has 1 saturated heterocycles. The summed E-state index contributed by atoms with van der Waals surface area (Å²) in [6.45, 7) is 9.56. The predicted octanol–water partition coefficient (Wildman–Crippen LogP) is 4.30. The van der Waals surface area contributed by atoms with E-state index in [4.69, 9.17) is 9.31 Å². The number of fused-ring (bicyclic) bond motifs is 1. The van der Waals surface area contributed by atoms with Crippen LogP contribution >= 0.6 is 0 Å². The van der Waals surface area contributed by atoms with Gasteiger partial charge in [-0.05, 0) is 68.2 Å². The first kappa shape index (κ1) is 22.0. The van der Waals surface area contributed by atoms with Crippen LogP contribution in [0.2, 0.25) is 0 Å². The molecule has 1 heterocycles. The van der Waals surface area contributed by atoms with Gasteiger partial charge in [0.15, 0.2) is 0 Å². The van der Waals surface area contributed by atoms with Crippen molar-refractivity contribution >= 4 is 23.4 Å². The van der Waals surface area contributed by atoms with Crippen LogP contribution in [0.5, 0.6) is 0 Å². The van der Waals surface area contributed by atoms with Crippen LogP contribution in [0.4, 0.5) is 0 Å². The van der Waals surface area contributed by atoms with Crippen LogP contribution in [-0.4, -0.2) is 41.9 Å². The maximum Gasteiger partial charge on any atom is 0.494 e. The summed E-state index contributed by atoms with van der Waals surface area (Å²) in [6, 6.07) is 22.7. The zero-order valence-electron chi connectivity index (χ0n) is 19.1. The van der Waals surface area contributed by atoms with Gasteiger partial charge in [-0.15, -0.1) is 0 Å². The lowest BCUT2D eigenvalue weighted by molar-refractivity contribution is 0.00578. The van der Waals surface area contributed by atoms with Crippen molar-refractivity contribution in [1.82, 2.24) is 4.90 Å². The van der Waals surface area contributed by atoms with E-state index < -0.39 is 6.10 Å². The first-order valence-corrected chi connectivity index (χ1v) is 10.9. The van der Waals surface area contributed by atoms with Gasteiger partial charge in [0, 0.05) is 13.1 Å². The van der Waals surface area contributed by atoms with Crippen LogP contribution in [-0.2, 0) is 15.9 Å². The molecule has 0 saturated carbocycles. The predicted molar refractivity (Wildman–Crippen MR) is 127 cm³/mol. The zero-order valence-corrected chi connectivity index (χ0v) is 19.1. The van der Waals surface area contributed by atoms with Gasteiger partial charge in [0.1, 0.15) is 0 Å². The fraction of sp³-hybridized carbons (Fsp3) is 0.385. The van der Waals surface area contributed by atoms with Crippen LogP contribution < -0.4 is 5.46 Å². The van der Waals surface area contributed by atoms with Crippen LogP contribution in [0, 0.1) is 0 Å². The van der Waals surface area contributed by atoms with Crippen molar-refractivity contribution in [2.24, 2.45) is 0 Å². The molecule has 0 spiro atoms. The number of rotatable bonds is 6. The summed E-state index contributed by atoms with van der Waals surface area (Å²) in [5.41, 5.74) is 2.43. The molecular formula is C26H32BNO3. The largest absolute Gasteiger partial charge is 0.494 e. The van der Waals surface area contributed by atoms with Crippen molar-refractivity contribution in [1.29, 1.82) is 0 Å². The third-order valence-corrected chi connectivity index (χ3v) is 6.57. The molecule has 5 heteroatoms. The van der Waals surface area contributed by atoms with Gasteiger partial charge < -0.3 is 14.4 Å². The van der Waals surface area contributed by atoms with E-state index in [0.717, 1.165) is 23.0 Å². The Morgan fingerprint density at radius 3 is 2.26 bits per heavy atom. The Morgan fingerprint density at radius 1 is 0.871 bits per heavy atom. The average molecular weight is 417 g/mol. The van der Waals surface area contributed by atoms with Gasteiger partial charge in [-0.25, -0.2) is 0 Å². The SMILES string of the molecule is CN(Cc1cccc(B2OC(C)(C)C(C)(C)O2)c1)CC(O)c1ccc2ccccc2c1. The standard InChI is InChI=1S/C26H32BNO3/c1-25(2)26(3,4)31-27(30-25)23-12-8-9-19(15-23)17-28(5)18-24(29)22-14-13-20-10-6-7-11-21(20)16-22/h6-16,24,29H,17-18H2,1-5H3. The second-order valence-corrected chi connectivity index (χ2v) is 9.65. The molecule has 1 N–H and O–H groups in total. The van der Waals surface area contributed by atoms with Crippen molar-refractivity contribution < 1.29 is 14.4 Å². The summed E-state index contributed by atoms with van der Waals surface area (Å²) in [7, 11) is 1.67. The minimum atomic E-state index is -0.541. The van der Waals surface area contributed by atoms with Gasteiger partial charge in [-0.1, -0.05) is 60.7 Å². The average Bonchev–Trinajstić information content (AvgIpc) is 2.95. The molecule has 4 nitrogen and oxygen atoms in total. The highest BCUT2D eigenvalue weighted by Crippen LogP contribution is 2.36. The second-order valence-electron chi connectivity index (χ2n) is 9.65. The minimum absolute atomic E-state index is 0.353. The van der Waals surface area contributed by atoms with E-state index in [9.17, 15) is 5.11 Å². The number of aliphatic hydroxyl groups excluding tert-OH is 1. The van der Waals surface area contributed by atoms with Crippen molar-refractivity contribution in [2.75, 3.05) is 13.6 Å². The summed E-state index contributed by atoms with van der Waals surface area (Å²) in [5, 5.41) is 13.1. The molecule has 1 aliphatic rings. The normalized spacial score (nSPS) is 18.6. The topological polar surface area (TPSA) is 41.9 Å². The van der Waals surface area contributed by atoms with Crippen molar-refractivity contribution in [3.63, 3.8) is 0 Å². The minimum Gasteiger partial charge on any atom is -0.399 e. The molecule has 0 aromatic heterocycles. The molecule has 0 radical (unpaired) electrons. The number of hydrogen-bond donors (Lipinski definition) is 1. The zero-order chi connectivity index (χ0) is 22.2. The first-order valence-electron chi connectivity index (χ1n) is 10.9. The number of nitrogens with zero attached hydrogens (tertiary/aromatic N) is 1. The van der Waals surface area contributed by atoms with Crippen molar-refractivity contribution in [3.8, 4) is 0 Å². The van der Waals surface area contributed by atoms with Crippen LogP contribution in [0.3, 0.4) is 0 Å². The molecular weight excluding hydrogens is 385 g/mol. The molecule has 0 bridgehead atoms. The second kappa shape index (κ2) is 8.40. The lowest BCUT2D eigenvalue weighted by atomic mass is 9.78. The maximum absolute atomic E-state index is 10.8. The van der Waals surface area contributed by atoms with E-state index in [0.29, 0.717) is 6.54 Å². The number of benzene rings is 3. The molecule has 31 heavy (non-hydrogen) atoms. The Labute approximate surface area is 185 Å². The highest BCUT2D eigenvalue weighted by molar-refractivity contribution is 6.62. The lowest BCUT2D eigenvalue weighted by Gasteiger charge is -2.32. The highest BCUT2D eigenvalue weighted by Gasteiger charge is 2.51. The fourth-order valence-electron chi connectivity index (χ4n) is 4.01. The summed E-state index contributed by atoms with van der Waals surface area (Å²) in [5.74, 6) is 0. The third-order valence-electron chi connectivity index (χ3n) is 6.57. The Kier molecular flexibility index (Phi) is 5.97. The number of hydrogen-bond acceptors (Lipinski definition) is 4. The van der Waals surface area contributed by atoms with E-state index in [2.05, 4.69) is 75.1 Å². The number of aliphatic hydroxyl groups is 1. The quantitative estimate of drug-likeness (QED) is 0.608. The monoisotopic (exact) mass is 417 g/mol. The van der Waals surface area contributed by atoms with E-state index >= 15 is 0 Å². The smallest absolute Gasteiger partial charge is 0.399 e. The van der Waals surface area contributed by atoms with Gasteiger partial charge >= 0.3 is 7.12 Å². The fourth-order valence-corrected chi connectivity index (χ4v) is 4.01. The van der Waals surface area contributed by atoms with Crippen LogP contribution in [0.25, 0.3) is 10.8 Å². The molecule has 0 amide bonds. The van der Waals surface area contributed by atoms with Gasteiger partial charge in [0.2, 0.25) is 0 Å². The lowest BCUT2D eigenvalue weighted by Crippen LogP contribution is -2.41. The first-order chi connectivity index (χ1) is 14.6. The summed E-state index contributed by atoms with van der Waals surface area (Å²) < 4.78 is 12.4. The van der Waals surface area contributed by atoms with Gasteiger partial charge in [0.25, 0.3) is 0 Å². The summed E-state index contributed by atoms with van der Waals surface area (Å²) in [6.07, 6.45) is -0.541. The Morgan fingerprint density at radius 2 is 1.55 bits per heavy atom. The van der Waals surface area contributed by atoms with Crippen molar-refractivity contribution in [3.05, 3.63) is 77.9 Å². The highest BCUT2D eigenvalue weighted by atomic mass is 16.7. The molecule has 162 valence electrons. The molecule has 3 aromatic carbocycles. The Bertz CT molecular complexity index is 1050. The van der Waals surface area contributed by atoms with Gasteiger partial charge in [-0.2, -0.15) is 0 Å². The Balaban J connectivity index is 1.41. The third kappa shape index (κ3) is 4.70. The molecule has 1 atom stereocenters. The van der Waals surface area contributed by atoms with Gasteiger partial charge in [-0.3, -0.25) is 4.90 Å². The molecule has 4 rings (SSSR count). The van der Waals surface area contributed by atoms with E-state index in [1.165, 1.54) is 10.9 Å². The van der Waals surface area contributed by atoms with Crippen LogP contribution in [0.15, 0.2) is 66.7 Å². The molecule has 1 unspecified atom stereocenters. The molecule has 1 aliphatic heterocycles. The molecule has 3 aromatic rings. The van der Waals surface area contributed by atoms with Crippen LogP contribution in [0.1, 0.15) is 44.9 Å². The Hall–Kier alpha value is -2.18. The van der Waals surface area contributed by atoms with Gasteiger partial charge in [0.05, 0.1) is 17.3 Å².